The van der Waals surface area contributed by atoms with Gasteiger partial charge in [-0.05, 0) is 102 Å². The number of hydrogen-bond acceptors (Lipinski definition) is 5. The molecule has 0 aliphatic heterocycles. The highest BCUT2D eigenvalue weighted by atomic mass is 16.3. The smallest absolute Gasteiger partial charge is 0.227 e. The van der Waals surface area contributed by atoms with Crippen molar-refractivity contribution in [2.75, 3.05) is 9.80 Å². The minimum atomic E-state index is 0.568. The Balaban J connectivity index is 1.08. The first-order chi connectivity index (χ1) is 27.8. The third-order valence-electron chi connectivity index (χ3n) is 10.6. The van der Waals surface area contributed by atoms with Crippen LogP contribution in [0.4, 0.5) is 34.1 Å². The predicted octanol–water partition coefficient (Wildman–Crippen LogP) is 14.6. The van der Waals surface area contributed by atoms with Gasteiger partial charge in [-0.2, -0.15) is 0 Å². The van der Waals surface area contributed by atoms with E-state index >= 15 is 0 Å². The second kappa shape index (κ2) is 13.0. The summed E-state index contributed by atoms with van der Waals surface area (Å²) in [5.74, 6) is 0.568. The van der Waals surface area contributed by atoms with Crippen molar-refractivity contribution in [2.24, 2.45) is 0 Å². The van der Waals surface area contributed by atoms with Crippen molar-refractivity contribution in [3.05, 3.63) is 200 Å². The molecule has 0 fully saturated rings. The first-order valence-electron chi connectivity index (χ1n) is 18.8. The van der Waals surface area contributed by atoms with Crippen LogP contribution in [0.3, 0.4) is 0 Å². The van der Waals surface area contributed by atoms with Gasteiger partial charge in [0.1, 0.15) is 16.7 Å². The molecule has 0 saturated carbocycles. The zero-order valence-electron chi connectivity index (χ0n) is 30.2. The van der Waals surface area contributed by atoms with Gasteiger partial charge >= 0.3 is 0 Å². The van der Waals surface area contributed by atoms with Gasteiger partial charge in [-0.15, -0.1) is 0 Å². The van der Waals surface area contributed by atoms with Crippen molar-refractivity contribution < 1.29 is 8.83 Å². The molecule has 5 nitrogen and oxygen atoms in total. The lowest BCUT2D eigenvalue weighted by atomic mass is 9.99. The van der Waals surface area contributed by atoms with E-state index in [0.717, 1.165) is 94.3 Å². The number of hydrogen-bond donors (Lipinski definition) is 0. The Hall–Kier alpha value is -7.63. The predicted molar refractivity (Wildman–Crippen MR) is 231 cm³/mol. The second-order valence-corrected chi connectivity index (χ2v) is 13.9. The van der Waals surface area contributed by atoms with Gasteiger partial charge in [-0.25, -0.2) is 4.98 Å². The topological polar surface area (TPSA) is 45.7 Å². The maximum Gasteiger partial charge on any atom is 0.227 e. The Bertz CT molecular complexity index is 3170. The van der Waals surface area contributed by atoms with Crippen LogP contribution in [0.15, 0.2) is 209 Å². The van der Waals surface area contributed by atoms with E-state index in [0.29, 0.717) is 5.89 Å². The fourth-order valence-electron chi connectivity index (χ4n) is 8.15. The van der Waals surface area contributed by atoms with Gasteiger partial charge in [0, 0.05) is 50.2 Å². The highest BCUT2D eigenvalue weighted by Gasteiger charge is 2.22. The summed E-state index contributed by atoms with van der Waals surface area (Å²) in [6, 6.07) is 69.5. The highest BCUT2D eigenvalue weighted by Crippen LogP contribution is 2.45. The standard InChI is InChI=1S/C51H33N3O2/c1-4-17-35(18-5-1)53(36-19-6-2-7-20-36)39-30-31-42-44(33-39)40-24-10-11-25-41(40)49-50(42)56-51(52-49)34-16-14-23-38(32-34)54(37-21-8-3-9-22-37)45-27-15-29-47-48(45)43-26-12-13-28-46(43)55-47/h1-33H. The van der Waals surface area contributed by atoms with Gasteiger partial charge < -0.3 is 18.6 Å². The molecule has 264 valence electrons. The minimum absolute atomic E-state index is 0.568. The highest BCUT2D eigenvalue weighted by molar-refractivity contribution is 6.23. The summed E-state index contributed by atoms with van der Waals surface area (Å²) in [5.41, 5.74) is 10.5. The Morgan fingerprint density at radius 3 is 1.66 bits per heavy atom. The molecule has 5 heteroatoms. The molecule has 2 aromatic heterocycles. The zero-order chi connectivity index (χ0) is 37.0. The summed E-state index contributed by atoms with van der Waals surface area (Å²) >= 11 is 0. The molecular weight excluding hydrogens is 687 g/mol. The van der Waals surface area contributed by atoms with Crippen molar-refractivity contribution in [2.45, 2.75) is 0 Å². The van der Waals surface area contributed by atoms with Crippen LogP contribution in [0.25, 0.3) is 66.0 Å². The van der Waals surface area contributed by atoms with Crippen molar-refractivity contribution in [3.8, 4) is 11.5 Å². The van der Waals surface area contributed by atoms with Crippen molar-refractivity contribution in [1.82, 2.24) is 4.98 Å². The van der Waals surface area contributed by atoms with Gasteiger partial charge in [0.25, 0.3) is 0 Å². The molecule has 9 aromatic carbocycles. The molecule has 0 spiro atoms. The fraction of sp³-hybridized carbons (Fsp3) is 0. The number of furan rings is 1. The summed E-state index contributed by atoms with van der Waals surface area (Å²) < 4.78 is 13.2. The third-order valence-corrected chi connectivity index (χ3v) is 10.6. The molecule has 0 bridgehead atoms. The number of aromatic nitrogens is 1. The van der Waals surface area contributed by atoms with E-state index in [4.69, 9.17) is 13.8 Å². The van der Waals surface area contributed by atoms with E-state index in [1.54, 1.807) is 0 Å². The van der Waals surface area contributed by atoms with E-state index in [-0.39, 0.29) is 0 Å². The number of nitrogens with zero attached hydrogens (tertiary/aromatic N) is 3. The van der Waals surface area contributed by atoms with Crippen LogP contribution in [-0.4, -0.2) is 4.98 Å². The van der Waals surface area contributed by atoms with Gasteiger partial charge in [0.2, 0.25) is 5.89 Å². The van der Waals surface area contributed by atoms with E-state index in [1.807, 2.05) is 24.3 Å². The Labute approximate surface area is 322 Å². The average Bonchev–Trinajstić information content (AvgIpc) is 3.89. The molecule has 56 heavy (non-hydrogen) atoms. The summed E-state index contributed by atoms with van der Waals surface area (Å²) in [6.07, 6.45) is 0. The van der Waals surface area contributed by atoms with Gasteiger partial charge in [0.15, 0.2) is 5.58 Å². The maximum atomic E-state index is 6.85. The second-order valence-electron chi connectivity index (χ2n) is 13.9. The van der Waals surface area contributed by atoms with Gasteiger partial charge in [0.05, 0.1) is 11.1 Å². The van der Waals surface area contributed by atoms with Crippen LogP contribution in [0.5, 0.6) is 0 Å². The molecular formula is C51H33N3O2. The van der Waals surface area contributed by atoms with Crippen LogP contribution in [0.1, 0.15) is 0 Å². The average molecular weight is 720 g/mol. The largest absolute Gasteiger partial charge is 0.456 e. The first-order valence-corrected chi connectivity index (χ1v) is 18.8. The Morgan fingerprint density at radius 1 is 0.357 bits per heavy atom. The van der Waals surface area contributed by atoms with Crippen molar-refractivity contribution in [3.63, 3.8) is 0 Å². The number of rotatable bonds is 7. The lowest BCUT2D eigenvalue weighted by molar-refractivity contribution is 0.623. The minimum Gasteiger partial charge on any atom is -0.456 e. The lowest BCUT2D eigenvalue weighted by Crippen LogP contribution is -2.10. The molecule has 0 saturated heterocycles. The Morgan fingerprint density at radius 2 is 0.929 bits per heavy atom. The van der Waals surface area contributed by atoms with Crippen LogP contribution in [-0.2, 0) is 0 Å². The summed E-state index contributed by atoms with van der Waals surface area (Å²) in [5, 5.41) is 6.44. The molecule has 0 unspecified atom stereocenters. The first kappa shape index (κ1) is 31.9. The van der Waals surface area contributed by atoms with E-state index in [1.165, 1.54) is 0 Å². The quantitative estimate of drug-likeness (QED) is 0.153. The van der Waals surface area contributed by atoms with Crippen LogP contribution in [0.2, 0.25) is 0 Å². The number of benzene rings is 9. The van der Waals surface area contributed by atoms with Crippen molar-refractivity contribution in [1.29, 1.82) is 0 Å². The summed E-state index contributed by atoms with van der Waals surface area (Å²) in [4.78, 5) is 9.81. The van der Waals surface area contributed by atoms with Crippen LogP contribution >= 0.6 is 0 Å². The fourth-order valence-corrected chi connectivity index (χ4v) is 8.15. The van der Waals surface area contributed by atoms with Gasteiger partial charge in [-0.3, -0.25) is 0 Å². The number of para-hydroxylation sites is 4. The molecule has 11 aromatic rings. The summed E-state index contributed by atoms with van der Waals surface area (Å²) in [6.45, 7) is 0. The molecule has 0 aliphatic carbocycles. The zero-order valence-corrected chi connectivity index (χ0v) is 30.2. The molecule has 0 atom stereocenters. The van der Waals surface area contributed by atoms with Gasteiger partial charge in [-0.1, -0.05) is 109 Å². The monoisotopic (exact) mass is 719 g/mol. The Kier molecular flexibility index (Phi) is 7.42. The normalized spacial score (nSPS) is 11.6. The summed E-state index contributed by atoms with van der Waals surface area (Å²) in [7, 11) is 0. The van der Waals surface area contributed by atoms with E-state index < -0.39 is 0 Å². The van der Waals surface area contributed by atoms with E-state index in [9.17, 15) is 0 Å². The molecule has 0 N–H and O–H groups in total. The third kappa shape index (κ3) is 5.21. The SMILES string of the molecule is c1ccc(N(c2ccccc2)c2ccc3c(c2)c2ccccc2c2nc(-c4cccc(N(c5ccccc5)c5cccc6oc7ccccc7c56)c4)oc32)cc1. The van der Waals surface area contributed by atoms with Crippen LogP contribution < -0.4 is 9.80 Å². The van der Waals surface area contributed by atoms with Crippen LogP contribution in [0, 0.1) is 0 Å². The number of oxazole rings is 1. The molecule has 11 rings (SSSR count). The van der Waals surface area contributed by atoms with Crippen molar-refractivity contribution >= 4 is 88.7 Å². The number of anilines is 6. The molecule has 0 amide bonds. The molecule has 0 radical (unpaired) electrons. The van der Waals surface area contributed by atoms with E-state index in [2.05, 4.69) is 186 Å². The maximum absolute atomic E-state index is 6.85. The molecule has 2 heterocycles. The lowest BCUT2D eigenvalue weighted by Gasteiger charge is -2.26. The number of fused-ring (bicyclic) bond motifs is 9. The molecule has 0 aliphatic rings.